The van der Waals surface area contributed by atoms with Crippen molar-refractivity contribution in [2.75, 3.05) is 45.9 Å². The van der Waals surface area contributed by atoms with Gasteiger partial charge in [-0.2, -0.15) is 0 Å². The Morgan fingerprint density at radius 2 is 1.79 bits per heavy atom. The van der Waals surface area contributed by atoms with E-state index in [9.17, 15) is 0 Å². The van der Waals surface area contributed by atoms with Crippen LogP contribution in [0.3, 0.4) is 0 Å². The van der Waals surface area contributed by atoms with Gasteiger partial charge in [-0.25, -0.2) is 0 Å². The van der Waals surface area contributed by atoms with Crippen molar-refractivity contribution >= 4 is 0 Å². The van der Waals surface area contributed by atoms with Crippen LogP contribution in [-0.4, -0.2) is 67.8 Å². The van der Waals surface area contributed by atoms with E-state index in [1.165, 1.54) is 70.4 Å². The Hall–Kier alpha value is -0.940. The third-order valence-corrected chi connectivity index (χ3v) is 7.76. The third kappa shape index (κ3) is 4.46. The molecule has 1 aromatic carbocycles. The zero-order valence-corrected chi connectivity index (χ0v) is 17.3. The van der Waals surface area contributed by atoms with Gasteiger partial charge in [0, 0.05) is 44.9 Å². The number of nitrogens with zero attached hydrogens (tertiary/aromatic N) is 2. The quantitative estimate of drug-likeness (QED) is 0.817. The summed E-state index contributed by atoms with van der Waals surface area (Å²) >= 11 is 0. The molecule has 4 aliphatic rings. The monoisotopic (exact) mass is 383 g/mol. The van der Waals surface area contributed by atoms with Crippen molar-refractivity contribution in [3.05, 3.63) is 35.9 Å². The molecule has 3 aliphatic heterocycles. The van der Waals surface area contributed by atoms with Crippen LogP contribution in [0.25, 0.3) is 0 Å². The second kappa shape index (κ2) is 8.83. The van der Waals surface area contributed by atoms with Gasteiger partial charge < -0.3 is 15.0 Å². The lowest BCUT2D eigenvalue weighted by atomic mass is 9.95. The Labute approximate surface area is 170 Å². The van der Waals surface area contributed by atoms with Crippen LogP contribution in [0.1, 0.15) is 37.7 Å². The first-order valence-electron chi connectivity index (χ1n) is 11.7. The van der Waals surface area contributed by atoms with Crippen LogP contribution in [0, 0.1) is 17.8 Å². The second-order valence-electron chi connectivity index (χ2n) is 9.76. The number of benzene rings is 1. The molecule has 4 nitrogen and oxygen atoms in total. The molecule has 0 spiro atoms. The highest BCUT2D eigenvalue weighted by Crippen LogP contribution is 2.39. The Balaban J connectivity index is 1.07. The van der Waals surface area contributed by atoms with E-state index in [1.807, 2.05) is 0 Å². The van der Waals surface area contributed by atoms with E-state index in [0.717, 1.165) is 49.6 Å². The van der Waals surface area contributed by atoms with E-state index in [2.05, 4.69) is 45.4 Å². The van der Waals surface area contributed by atoms with Gasteiger partial charge in [0.05, 0.1) is 6.61 Å². The number of piperidine rings is 1. The number of nitrogens with one attached hydrogen (secondary N) is 1. The average molecular weight is 384 g/mol. The van der Waals surface area contributed by atoms with Gasteiger partial charge in [0.15, 0.2) is 0 Å². The van der Waals surface area contributed by atoms with Gasteiger partial charge in [-0.05, 0) is 68.5 Å². The minimum absolute atomic E-state index is 0.739. The lowest BCUT2D eigenvalue weighted by molar-refractivity contribution is 0.142. The number of rotatable bonds is 6. The molecule has 4 atom stereocenters. The van der Waals surface area contributed by atoms with Gasteiger partial charge >= 0.3 is 0 Å². The molecule has 0 aromatic heterocycles. The molecule has 154 valence electrons. The van der Waals surface area contributed by atoms with Gasteiger partial charge in [-0.3, -0.25) is 4.90 Å². The molecule has 28 heavy (non-hydrogen) atoms. The van der Waals surface area contributed by atoms with Gasteiger partial charge in [0.2, 0.25) is 0 Å². The van der Waals surface area contributed by atoms with E-state index in [-0.39, 0.29) is 0 Å². The molecular weight excluding hydrogens is 346 g/mol. The summed E-state index contributed by atoms with van der Waals surface area (Å²) in [7, 11) is 0. The molecule has 1 saturated carbocycles. The van der Waals surface area contributed by atoms with Crippen molar-refractivity contribution in [1.82, 2.24) is 15.1 Å². The first kappa shape index (κ1) is 19.0. The normalized spacial score (nSPS) is 34.9. The molecule has 1 aliphatic carbocycles. The van der Waals surface area contributed by atoms with Gasteiger partial charge in [0.1, 0.15) is 0 Å². The van der Waals surface area contributed by atoms with Crippen LogP contribution in [0.2, 0.25) is 0 Å². The first-order valence-corrected chi connectivity index (χ1v) is 11.7. The van der Waals surface area contributed by atoms with Gasteiger partial charge in [0.25, 0.3) is 0 Å². The smallest absolute Gasteiger partial charge is 0.0507 e. The van der Waals surface area contributed by atoms with Crippen molar-refractivity contribution in [2.24, 2.45) is 17.8 Å². The lowest BCUT2D eigenvalue weighted by Crippen LogP contribution is -2.48. The average Bonchev–Trinajstić information content (AvgIpc) is 3.44. The predicted molar refractivity (Wildman–Crippen MR) is 113 cm³/mol. The largest absolute Gasteiger partial charge is 0.381 e. The molecular formula is C24H37N3O. The van der Waals surface area contributed by atoms with Crippen molar-refractivity contribution in [1.29, 1.82) is 0 Å². The molecule has 3 heterocycles. The van der Waals surface area contributed by atoms with Gasteiger partial charge in [-0.15, -0.1) is 0 Å². The maximum atomic E-state index is 5.55. The maximum Gasteiger partial charge on any atom is 0.0507 e. The van der Waals surface area contributed by atoms with Crippen LogP contribution in [0.4, 0.5) is 0 Å². The van der Waals surface area contributed by atoms with E-state index < -0.39 is 0 Å². The molecule has 4 fully saturated rings. The Morgan fingerprint density at radius 1 is 0.929 bits per heavy atom. The SMILES string of the molecule is c1ccc(CN2C[C@@H]3CC[C@H](NC4CCN(C[C@@H]5CCOC5)CC4)[C@H]3C2)cc1. The lowest BCUT2D eigenvalue weighted by Gasteiger charge is -2.36. The van der Waals surface area contributed by atoms with Crippen LogP contribution in [0.5, 0.6) is 0 Å². The molecule has 1 N–H and O–H groups in total. The minimum atomic E-state index is 0.739. The number of likely N-dealkylation sites (tertiary alicyclic amines) is 2. The number of ether oxygens (including phenoxy) is 1. The number of fused-ring (bicyclic) bond motifs is 1. The third-order valence-electron chi connectivity index (χ3n) is 7.76. The van der Waals surface area contributed by atoms with E-state index in [4.69, 9.17) is 4.74 Å². The molecule has 5 rings (SSSR count). The molecule has 0 unspecified atom stereocenters. The zero-order valence-electron chi connectivity index (χ0n) is 17.3. The Bertz CT molecular complexity index is 610. The summed E-state index contributed by atoms with van der Waals surface area (Å²) in [6, 6.07) is 12.5. The molecule has 0 radical (unpaired) electrons. The summed E-state index contributed by atoms with van der Waals surface area (Å²) in [4.78, 5) is 5.39. The Morgan fingerprint density at radius 3 is 2.57 bits per heavy atom. The second-order valence-corrected chi connectivity index (χ2v) is 9.76. The fourth-order valence-electron chi connectivity index (χ4n) is 6.21. The molecule has 0 amide bonds. The topological polar surface area (TPSA) is 27.7 Å². The highest BCUT2D eigenvalue weighted by Gasteiger charge is 2.43. The van der Waals surface area contributed by atoms with Crippen molar-refractivity contribution in [2.45, 2.75) is 50.7 Å². The van der Waals surface area contributed by atoms with Crippen molar-refractivity contribution in [3.63, 3.8) is 0 Å². The molecule has 3 saturated heterocycles. The maximum absolute atomic E-state index is 5.55. The first-order chi connectivity index (χ1) is 13.8. The van der Waals surface area contributed by atoms with Gasteiger partial charge in [-0.1, -0.05) is 30.3 Å². The van der Waals surface area contributed by atoms with Crippen molar-refractivity contribution in [3.8, 4) is 0 Å². The van der Waals surface area contributed by atoms with Crippen LogP contribution < -0.4 is 5.32 Å². The summed E-state index contributed by atoms with van der Waals surface area (Å²) in [5, 5.41) is 4.11. The molecule has 4 heteroatoms. The summed E-state index contributed by atoms with van der Waals surface area (Å²) in [5.41, 5.74) is 1.46. The number of hydrogen-bond donors (Lipinski definition) is 1. The van der Waals surface area contributed by atoms with E-state index >= 15 is 0 Å². The summed E-state index contributed by atoms with van der Waals surface area (Å²) in [6.07, 6.45) is 6.75. The molecule has 0 bridgehead atoms. The summed E-state index contributed by atoms with van der Waals surface area (Å²) in [6.45, 7) is 9.50. The van der Waals surface area contributed by atoms with Crippen LogP contribution in [0.15, 0.2) is 30.3 Å². The summed E-state index contributed by atoms with van der Waals surface area (Å²) < 4.78 is 5.55. The predicted octanol–water partition coefficient (Wildman–Crippen LogP) is 2.99. The summed E-state index contributed by atoms with van der Waals surface area (Å²) in [5.74, 6) is 2.58. The minimum Gasteiger partial charge on any atom is -0.381 e. The van der Waals surface area contributed by atoms with Crippen LogP contribution in [-0.2, 0) is 11.3 Å². The van der Waals surface area contributed by atoms with E-state index in [0.29, 0.717) is 0 Å². The highest BCUT2D eigenvalue weighted by atomic mass is 16.5. The number of hydrogen-bond acceptors (Lipinski definition) is 4. The fourth-order valence-corrected chi connectivity index (χ4v) is 6.21. The Kier molecular flexibility index (Phi) is 6.00. The fraction of sp³-hybridized carbons (Fsp3) is 0.750. The molecule has 1 aromatic rings. The van der Waals surface area contributed by atoms with Crippen LogP contribution >= 0.6 is 0 Å². The standard InChI is InChI=1S/C24H37N3O/c1-2-4-19(5-3-1)14-27-16-21-6-7-24(23(21)17-27)25-22-8-11-26(12-9-22)15-20-10-13-28-18-20/h1-5,20-25H,6-18H2/t20-,21-,23-,24-/m0/s1. The highest BCUT2D eigenvalue weighted by molar-refractivity contribution is 5.15. The van der Waals surface area contributed by atoms with E-state index in [1.54, 1.807) is 0 Å². The zero-order chi connectivity index (χ0) is 18.8. The van der Waals surface area contributed by atoms with Crippen molar-refractivity contribution < 1.29 is 4.74 Å².